The van der Waals surface area contributed by atoms with Gasteiger partial charge in [-0.25, -0.2) is 4.98 Å². The number of aryl methyl sites for hydroxylation is 1. The van der Waals surface area contributed by atoms with Gasteiger partial charge in [-0.15, -0.1) is 11.8 Å². The maximum Gasteiger partial charge on any atom is 0.232 e. The highest BCUT2D eigenvalue weighted by Crippen LogP contribution is 2.18. The third-order valence-corrected chi connectivity index (χ3v) is 4.86. The summed E-state index contributed by atoms with van der Waals surface area (Å²) in [5.41, 5.74) is 1.25. The first kappa shape index (κ1) is 16.8. The van der Waals surface area contributed by atoms with Crippen LogP contribution in [0.25, 0.3) is 0 Å². The molecule has 1 atom stereocenters. The minimum absolute atomic E-state index is 0.0161. The van der Waals surface area contributed by atoms with Gasteiger partial charge in [0, 0.05) is 31.0 Å². The molecule has 1 aromatic carbocycles. The zero-order chi connectivity index (χ0) is 16.8. The predicted molar refractivity (Wildman–Crippen MR) is 95.0 cm³/mol. The molecule has 1 aliphatic rings. The molecule has 1 aliphatic heterocycles. The summed E-state index contributed by atoms with van der Waals surface area (Å²) in [5.74, 6) is 2.83. The van der Waals surface area contributed by atoms with Gasteiger partial charge >= 0.3 is 0 Å². The normalized spacial score (nSPS) is 17.0. The van der Waals surface area contributed by atoms with Crippen molar-refractivity contribution in [2.24, 2.45) is 0 Å². The highest BCUT2D eigenvalue weighted by atomic mass is 32.2. The molecule has 0 unspecified atom stereocenters. The van der Waals surface area contributed by atoms with E-state index in [-0.39, 0.29) is 12.0 Å². The Morgan fingerprint density at radius 3 is 2.96 bits per heavy atom. The smallest absolute Gasteiger partial charge is 0.232 e. The first-order valence-corrected chi connectivity index (χ1v) is 9.22. The van der Waals surface area contributed by atoms with E-state index < -0.39 is 0 Å². The average molecular weight is 343 g/mol. The number of rotatable bonds is 6. The number of nitrogens with zero attached hydrogens (tertiary/aromatic N) is 3. The van der Waals surface area contributed by atoms with E-state index in [4.69, 9.17) is 4.74 Å². The van der Waals surface area contributed by atoms with Gasteiger partial charge in [0.25, 0.3) is 0 Å². The van der Waals surface area contributed by atoms with Crippen LogP contribution in [-0.2, 0) is 10.5 Å². The summed E-state index contributed by atoms with van der Waals surface area (Å²) in [5, 5.41) is 0. The molecular formula is C18H21N3O2S. The van der Waals surface area contributed by atoms with Crippen LogP contribution in [0.3, 0.4) is 0 Å². The number of hydrogen-bond donors (Lipinski definition) is 0. The van der Waals surface area contributed by atoms with Crippen LogP contribution < -0.4 is 4.74 Å². The minimum atomic E-state index is 0.0161. The lowest BCUT2D eigenvalue weighted by Crippen LogP contribution is -2.32. The topological polar surface area (TPSA) is 55.3 Å². The molecular weight excluding hydrogens is 322 g/mol. The number of aromatic nitrogens is 2. The van der Waals surface area contributed by atoms with E-state index in [0.29, 0.717) is 24.0 Å². The van der Waals surface area contributed by atoms with E-state index in [9.17, 15) is 4.79 Å². The van der Waals surface area contributed by atoms with Crippen molar-refractivity contribution in [2.45, 2.75) is 25.2 Å². The molecule has 1 saturated heterocycles. The first-order chi connectivity index (χ1) is 11.7. The monoisotopic (exact) mass is 343 g/mol. The highest BCUT2D eigenvalue weighted by Gasteiger charge is 2.27. The lowest BCUT2D eigenvalue weighted by atomic mass is 10.2. The SMILES string of the molecule is Cc1nccc(O[C@H]2CCN(C(=O)CSCc3ccccc3)C2)n1. The summed E-state index contributed by atoms with van der Waals surface area (Å²) in [6.45, 7) is 3.22. The molecule has 0 spiro atoms. The minimum Gasteiger partial charge on any atom is -0.472 e. The maximum atomic E-state index is 12.3. The second kappa shape index (κ2) is 8.15. The first-order valence-electron chi connectivity index (χ1n) is 8.06. The van der Waals surface area contributed by atoms with Gasteiger partial charge in [0.15, 0.2) is 0 Å². The van der Waals surface area contributed by atoms with Crippen molar-refractivity contribution >= 4 is 17.7 Å². The zero-order valence-electron chi connectivity index (χ0n) is 13.7. The van der Waals surface area contributed by atoms with Gasteiger partial charge in [-0.3, -0.25) is 4.79 Å². The van der Waals surface area contributed by atoms with Gasteiger partial charge in [0.2, 0.25) is 11.8 Å². The van der Waals surface area contributed by atoms with Crippen LogP contribution in [0.2, 0.25) is 0 Å². The molecule has 3 rings (SSSR count). The Kier molecular flexibility index (Phi) is 5.69. The number of hydrogen-bond acceptors (Lipinski definition) is 5. The van der Waals surface area contributed by atoms with E-state index in [1.54, 1.807) is 24.0 Å². The Bertz CT molecular complexity index is 681. The van der Waals surface area contributed by atoms with Crippen molar-refractivity contribution in [1.82, 2.24) is 14.9 Å². The molecule has 6 heteroatoms. The molecule has 0 bridgehead atoms. The Balaban J connectivity index is 1.42. The fourth-order valence-electron chi connectivity index (χ4n) is 2.64. The molecule has 24 heavy (non-hydrogen) atoms. The van der Waals surface area contributed by atoms with Gasteiger partial charge in [-0.05, 0) is 12.5 Å². The Morgan fingerprint density at radius 1 is 1.33 bits per heavy atom. The van der Waals surface area contributed by atoms with Crippen molar-refractivity contribution in [3.05, 3.63) is 54.0 Å². The van der Waals surface area contributed by atoms with Crippen molar-refractivity contribution in [2.75, 3.05) is 18.8 Å². The maximum absolute atomic E-state index is 12.3. The highest BCUT2D eigenvalue weighted by molar-refractivity contribution is 7.99. The molecule has 0 N–H and O–H groups in total. The number of ether oxygens (including phenoxy) is 1. The lowest BCUT2D eigenvalue weighted by Gasteiger charge is -2.17. The number of thioether (sulfide) groups is 1. The van der Waals surface area contributed by atoms with Crippen molar-refractivity contribution in [1.29, 1.82) is 0 Å². The summed E-state index contributed by atoms with van der Waals surface area (Å²) in [4.78, 5) is 22.5. The van der Waals surface area contributed by atoms with Gasteiger partial charge < -0.3 is 9.64 Å². The summed E-state index contributed by atoms with van der Waals surface area (Å²) in [6.07, 6.45) is 2.55. The molecule has 0 saturated carbocycles. The largest absolute Gasteiger partial charge is 0.472 e. The van der Waals surface area contributed by atoms with E-state index in [1.807, 2.05) is 30.0 Å². The predicted octanol–water partition coefficient (Wildman–Crippen LogP) is 2.70. The van der Waals surface area contributed by atoms with Crippen LogP contribution in [0.5, 0.6) is 5.88 Å². The molecule has 126 valence electrons. The van der Waals surface area contributed by atoms with Crippen molar-refractivity contribution in [3.8, 4) is 5.88 Å². The van der Waals surface area contributed by atoms with Gasteiger partial charge in [0.1, 0.15) is 11.9 Å². The summed E-state index contributed by atoms with van der Waals surface area (Å²) >= 11 is 1.66. The third-order valence-electron chi connectivity index (χ3n) is 3.87. The van der Waals surface area contributed by atoms with Gasteiger partial charge in [-0.1, -0.05) is 30.3 Å². The van der Waals surface area contributed by atoms with Crippen LogP contribution in [0.1, 0.15) is 17.8 Å². The van der Waals surface area contributed by atoms with Crippen LogP contribution >= 0.6 is 11.8 Å². The van der Waals surface area contributed by atoms with Crippen molar-refractivity contribution in [3.63, 3.8) is 0 Å². The van der Waals surface area contributed by atoms with Gasteiger partial charge in [0.05, 0.1) is 12.3 Å². The molecule has 2 heterocycles. The Hall–Kier alpha value is -2.08. The van der Waals surface area contributed by atoms with Gasteiger partial charge in [-0.2, -0.15) is 4.98 Å². The van der Waals surface area contributed by atoms with E-state index in [2.05, 4.69) is 22.1 Å². The standard InChI is InChI=1S/C18H21N3O2S/c1-14-19-9-7-17(20-14)23-16-8-10-21(11-16)18(22)13-24-12-15-5-3-2-4-6-15/h2-7,9,16H,8,10-13H2,1H3/t16-/m0/s1. The average Bonchev–Trinajstić information content (AvgIpc) is 3.04. The summed E-state index contributed by atoms with van der Waals surface area (Å²) in [7, 11) is 0. The summed E-state index contributed by atoms with van der Waals surface area (Å²) in [6, 6.07) is 12.0. The molecule has 5 nitrogen and oxygen atoms in total. The number of likely N-dealkylation sites (tertiary alicyclic amines) is 1. The number of carbonyl (C=O) groups excluding carboxylic acids is 1. The van der Waals surface area contributed by atoms with Crippen LogP contribution in [0.15, 0.2) is 42.6 Å². The lowest BCUT2D eigenvalue weighted by molar-refractivity contribution is -0.127. The van der Waals surface area contributed by atoms with E-state index in [1.165, 1.54) is 5.56 Å². The number of amides is 1. The van der Waals surface area contributed by atoms with E-state index in [0.717, 1.165) is 18.7 Å². The number of carbonyl (C=O) groups is 1. The third kappa shape index (κ3) is 4.71. The fourth-order valence-corrected chi connectivity index (χ4v) is 3.53. The van der Waals surface area contributed by atoms with Crippen LogP contribution in [0, 0.1) is 6.92 Å². The molecule has 2 aromatic rings. The second-order valence-corrected chi connectivity index (χ2v) is 6.77. The van der Waals surface area contributed by atoms with Crippen LogP contribution in [-0.4, -0.2) is 45.7 Å². The quantitative estimate of drug-likeness (QED) is 0.807. The van der Waals surface area contributed by atoms with Crippen LogP contribution in [0.4, 0.5) is 0 Å². The Labute approximate surface area is 146 Å². The zero-order valence-corrected chi connectivity index (χ0v) is 14.5. The molecule has 1 fully saturated rings. The number of benzene rings is 1. The second-order valence-electron chi connectivity index (χ2n) is 5.79. The molecule has 1 aromatic heterocycles. The fraction of sp³-hybridized carbons (Fsp3) is 0.389. The summed E-state index contributed by atoms with van der Waals surface area (Å²) < 4.78 is 5.86. The van der Waals surface area contributed by atoms with E-state index >= 15 is 0 Å². The Morgan fingerprint density at radius 2 is 2.17 bits per heavy atom. The van der Waals surface area contributed by atoms with Crippen molar-refractivity contribution < 1.29 is 9.53 Å². The molecule has 0 aliphatic carbocycles. The molecule has 0 radical (unpaired) electrons. The molecule has 1 amide bonds.